The Morgan fingerprint density at radius 3 is 2.24 bits per heavy atom. The van der Waals surface area contributed by atoms with E-state index in [4.69, 9.17) is 27.9 Å². The van der Waals surface area contributed by atoms with Gasteiger partial charge in [-0.05, 0) is 74.6 Å². The zero-order valence-corrected chi connectivity index (χ0v) is 23.7. The van der Waals surface area contributed by atoms with Crippen LogP contribution in [0.3, 0.4) is 0 Å². The van der Waals surface area contributed by atoms with Gasteiger partial charge >= 0.3 is 5.97 Å². The molecule has 0 unspecified atom stereocenters. The summed E-state index contributed by atoms with van der Waals surface area (Å²) in [4.78, 5) is 24.3. The number of benzene rings is 2. The lowest BCUT2D eigenvalue weighted by molar-refractivity contribution is -0.145. The van der Waals surface area contributed by atoms with Gasteiger partial charge in [0.1, 0.15) is 11.9 Å². The average molecular weight is 576 g/mol. The van der Waals surface area contributed by atoms with Crippen LogP contribution in [0.25, 0.3) is 0 Å². The minimum absolute atomic E-state index is 0.0403. The summed E-state index contributed by atoms with van der Waals surface area (Å²) >= 11 is 12.0. The maximum absolute atomic E-state index is 14.8. The van der Waals surface area contributed by atoms with Gasteiger partial charge in [0, 0.05) is 22.5 Å². The molecule has 0 spiro atoms. The van der Waals surface area contributed by atoms with Gasteiger partial charge in [-0.3, -0.25) is 9.10 Å². The topological polar surface area (TPSA) is 92.8 Å². The summed E-state index contributed by atoms with van der Waals surface area (Å²) in [5.74, 6) is -1.34. The van der Waals surface area contributed by atoms with E-state index >= 15 is 0 Å². The SMILES string of the molecule is COC(=O)[C@H](CC(C)C)NC(=O)CCCC[C@@H](C)N(c1cc(Cl)ccc1F)S(=O)(=O)c1ccc(Cl)cc1. The molecule has 0 bridgehead atoms. The van der Waals surface area contributed by atoms with E-state index in [0.717, 1.165) is 10.4 Å². The summed E-state index contributed by atoms with van der Waals surface area (Å²) in [7, 11) is -2.88. The number of nitrogens with one attached hydrogen (secondary N) is 1. The van der Waals surface area contributed by atoms with E-state index in [1.807, 2.05) is 13.8 Å². The number of ether oxygens (including phenoxy) is 1. The lowest BCUT2D eigenvalue weighted by atomic mass is 10.0. The van der Waals surface area contributed by atoms with Gasteiger partial charge in [-0.15, -0.1) is 0 Å². The number of sulfonamides is 1. The first kappa shape index (κ1) is 30.9. The third kappa shape index (κ3) is 8.86. The summed E-state index contributed by atoms with van der Waals surface area (Å²) in [6.07, 6.45) is 1.87. The van der Waals surface area contributed by atoms with Crippen molar-refractivity contribution in [1.29, 1.82) is 0 Å². The minimum atomic E-state index is -4.16. The molecule has 0 heterocycles. The molecule has 1 N–H and O–H groups in total. The normalized spacial score (nSPS) is 13.2. The van der Waals surface area contributed by atoms with Gasteiger partial charge < -0.3 is 10.1 Å². The highest BCUT2D eigenvalue weighted by Gasteiger charge is 2.31. The highest BCUT2D eigenvalue weighted by atomic mass is 35.5. The van der Waals surface area contributed by atoms with Crippen molar-refractivity contribution in [1.82, 2.24) is 5.32 Å². The molecule has 0 aliphatic carbocycles. The number of esters is 1. The van der Waals surface area contributed by atoms with Crippen LogP contribution < -0.4 is 9.62 Å². The average Bonchev–Trinajstić information content (AvgIpc) is 2.83. The third-order valence-corrected chi connectivity index (χ3v) is 8.15. The number of carbonyl (C=O) groups is 2. The van der Waals surface area contributed by atoms with E-state index in [0.29, 0.717) is 30.7 Å². The number of hydrogen-bond acceptors (Lipinski definition) is 5. The minimum Gasteiger partial charge on any atom is -0.467 e. The second kappa shape index (κ2) is 14.0. The number of hydrogen-bond donors (Lipinski definition) is 1. The van der Waals surface area contributed by atoms with E-state index in [9.17, 15) is 22.4 Å². The quantitative estimate of drug-likeness (QED) is 0.234. The number of anilines is 1. The number of amides is 1. The first-order valence-corrected chi connectivity index (χ1v) is 14.2. The van der Waals surface area contributed by atoms with Crippen molar-refractivity contribution in [2.45, 2.75) is 69.9 Å². The number of carbonyl (C=O) groups excluding carboxylic acids is 2. The standard InChI is InChI=1S/C26H33Cl2FN2O5S/c1-17(2)15-23(26(33)36-4)30-25(32)8-6-5-7-18(3)31(24-16-20(28)11-14-22(24)29)37(34,35)21-12-9-19(27)10-13-21/h9-14,16-18,23H,5-8,15H2,1-4H3,(H,30,32)/t18-,23+/m1/s1. The molecule has 0 saturated carbocycles. The fourth-order valence-electron chi connectivity index (χ4n) is 3.92. The molecule has 0 aromatic heterocycles. The summed E-state index contributed by atoms with van der Waals surface area (Å²) in [5, 5.41) is 3.27. The molecule has 2 aromatic carbocycles. The Morgan fingerprint density at radius 1 is 1.03 bits per heavy atom. The van der Waals surface area contributed by atoms with Crippen molar-refractivity contribution in [2.24, 2.45) is 5.92 Å². The van der Waals surface area contributed by atoms with Crippen LogP contribution in [0.2, 0.25) is 10.0 Å². The van der Waals surface area contributed by atoms with E-state index in [2.05, 4.69) is 5.32 Å². The van der Waals surface area contributed by atoms with Crippen molar-refractivity contribution < 1.29 is 27.1 Å². The highest BCUT2D eigenvalue weighted by Crippen LogP contribution is 2.32. The molecular formula is C26H33Cl2FN2O5S. The van der Waals surface area contributed by atoms with E-state index < -0.39 is 33.9 Å². The van der Waals surface area contributed by atoms with Gasteiger partial charge in [0.05, 0.1) is 17.7 Å². The molecule has 7 nitrogen and oxygen atoms in total. The van der Waals surface area contributed by atoms with Crippen LogP contribution in [0.1, 0.15) is 52.9 Å². The Labute approximate surface area is 228 Å². The highest BCUT2D eigenvalue weighted by molar-refractivity contribution is 7.92. The summed E-state index contributed by atoms with van der Waals surface area (Å²) in [5.41, 5.74) is -0.165. The summed E-state index contributed by atoms with van der Waals surface area (Å²) in [6, 6.07) is 7.98. The first-order chi connectivity index (χ1) is 17.4. The molecule has 0 aliphatic rings. The van der Waals surface area contributed by atoms with Crippen LogP contribution in [-0.2, 0) is 24.3 Å². The van der Waals surface area contributed by atoms with Crippen molar-refractivity contribution in [3.05, 3.63) is 58.3 Å². The number of unbranched alkanes of at least 4 members (excludes halogenated alkanes) is 1. The van der Waals surface area contributed by atoms with Crippen molar-refractivity contribution in [3.63, 3.8) is 0 Å². The lowest BCUT2D eigenvalue weighted by Crippen LogP contribution is -2.42. The van der Waals surface area contributed by atoms with Crippen LogP contribution in [0.4, 0.5) is 10.1 Å². The van der Waals surface area contributed by atoms with Crippen LogP contribution >= 0.6 is 23.2 Å². The van der Waals surface area contributed by atoms with Crippen LogP contribution in [0, 0.1) is 11.7 Å². The second-order valence-electron chi connectivity index (χ2n) is 9.22. The van der Waals surface area contributed by atoms with Crippen molar-refractivity contribution in [3.8, 4) is 0 Å². The lowest BCUT2D eigenvalue weighted by Gasteiger charge is -2.31. The molecule has 0 aliphatic heterocycles. The number of nitrogens with zero attached hydrogens (tertiary/aromatic N) is 1. The maximum Gasteiger partial charge on any atom is 0.328 e. The first-order valence-electron chi connectivity index (χ1n) is 12.0. The van der Waals surface area contributed by atoms with Gasteiger partial charge in [-0.1, -0.05) is 43.5 Å². The molecule has 1 amide bonds. The Balaban J connectivity index is 2.14. The summed E-state index contributed by atoms with van der Waals surface area (Å²) in [6.45, 7) is 5.55. The number of rotatable bonds is 13. The Hall–Kier alpha value is -2.36. The van der Waals surface area contributed by atoms with Gasteiger partial charge in [0.15, 0.2) is 0 Å². The predicted molar refractivity (Wildman–Crippen MR) is 144 cm³/mol. The molecule has 0 saturated heterocycles. The predicted octanol–water partition coefficient (Wildman–Crippen LogP) is 5.98. The van der Waals surface area contributed by atoms with Crippen LogP contribution in [-0.4, -0.2) is 39.5 Å². The molecule has 0 radical (unpaired) electrons. The second-order valence-corrected chi connectivity index (χ2v) is 11.9. The molecule has 37 heavy (non-hydrogen) atoms. The van der Waals surface area contributed by atoms with Gasteiger partial charge in [-0.2, -0.15) is 0 Å². The third-order valence-electron chi connectivity index (χ3n) is 5.72. The molecule has 2 rings (SSSR count). The molecule has 204 valence electrons. The van der Waals surface area contributed by atoms with E-state index in [1.54, 1.807) is 6.92 Å². The van der Waals surface area contributed by atoms with Gasteiger partial charge in [-0.25, -0.2) is 17.6 Å². The number of methoxy groups -OCH3 is 1. The monoisotopic (exact) mass is 574 g/mol. The van der Waals surface area contributed by atoms with Gasteiger partial charge in [0.2, 0.25) is 5.91 Å². The van der Waals surface area contributed by atoms with Crippen LogP contribution in [0.5, 0.6) is 0 Å². The fourth-order valence-corrected chi connectivity index (χ4v) is 5.89. The zero-order valence-electron chi connectivity index (χ0n) is 21.3. The van der Waals surface area contributed by atoms with Gasteiger partial charge in [0.25, 0.3) is 10.0 Å². The Morgan fingerprint density at radius 2 is 1.65 bits per heavy atom. The largest absolute Gasteiger partial charge is 0.467 e. The Bertz CT molecular complexity index is 1180. The van der Waals surface area contributed by atoms with Crippen molar-refractivity contribution >= 4 is 50.8 Å². The van der Waals surface area contributed by atoms with Crippen LogP contribution in [0.15, 0.2) is 47.4 Å². The molecular weight excluding hydrogens is 542 g/mol. The van der Waals surface area contributed by atoms with E-state index in [1.165, 1.54) is 43.5 Å². The molecule has 11 heteroatoms. The van der Waals surface area contributed by atoms with Crippen molar-refractivity contribution in [2.75, 3.05) is 11.4 Å². The molecule has 2 atom stereocenters. The zero-order chi connectivity index (χ0) is 27.8. The summed E-state index contributed by atoms with van der Waals surface area (Å²) < 4.78 is 47.7. The van der Waals surface area contributed by atoms with E-state index in [-0.39, 0.29) is 33.9 Å². The maximum atomic E-state index is 14.8. The molecule has 0 fully saturated rings. The smallest absolute Gasteiger partial charge is 0.328 e. The fraction of sp³-hybridized carbons (Fsp3) is 0.462. The molecule has 2 aromatic rings. The number of halogens is 3. The Kier molecular flexibility index (Phi) is 11.7.